The van der Waals surface area contributed by atoms with E-state index < -0.39 is 29.2 Å². The number of furan rings is 1. The van der Waals surface area contributed by atoms with Crippen molar-refractivity contribution >= 4 is 16.9 Å². The number of carbonyl (C=O) groups is 1. The van der Waals surface area contributed by atoms with Gasteiger partial charge in [0, 0.05) is 6.07 Å². The Morgan fingerprint density at radius 3 is 2.81 bits per heavy atom. The van der Waals surface area contributed by atoms with Gasteiger partial charge in [0.1, 0.15) is 23.3 Å². The minimum Gasteiger partial charge on any atom is -0.480 e. The number of hydrogen-bond donors (Lipinski definition) is 2. The molecule has 1 unspecified atom stereocenters. The first-order chi connectivity index (χ1) is 7.52. The van der Waals surface area contributed by atoms with Crippen molar-refractivity contribution < 1.29 is 23.1 Å². The molecule has 84 valence electrons. The Morgan fingerprint density at radius 2 is 2.19 bits per heavy atom. The maximum atomic E-state index is 13.7. The van der Waals surface area contributed by atoms with E-state index in [9.17, 15) is 13.6 Å². The third-order valence-corrected chi connectivity index (χ3v) is 2.26. The summed E-state index contributed by atoms with van der Waals surface area (Å²) >= 11 is 0. The Bertz CT molecular complexity index is 564. The highest BCUT2D eigenvalue weighted by Crippen LogP contribution is 2.28. The molecule has 3 N–H and O–H groups in total. The van der Waals surface area contributed by atoms with E-state index in [2.05, 4.69) is 0 Å². The van der Waals surface area contributed by atoms with Gasteiger partial charge in [0.2, 0.25) is 0 Å². The van der Waals surface area contributed by atoms with Crippen molar-refractivity contribution in [2.75, 3.05) is 0 Å². The Morgan fingerprint density at radius 1 is 1.50 bits per heavy atom. The zero-order valence-corrected chi connectivity index (χ0v) is 7.91. The summed E-state index contributed by atoms with van der Waals surface area (Å²) in [5, 5.41) is 8.63. The van der Waals surface area contributed by atoms with Crippen LogP contribution in [0.4, 0.5) is 8.78 Å². The predicted octanol–water partition coefficient (Wildman–Crippen LogP) is 1.80. The van der Waals surface area contributed by atoms with Gasteiger partial charge in [-0.2, -0.15) is 0 Å². The average Bonchev–Trinajstić information content (AvgIpc) is 2.65. The molecular formula is C10H7F2NO3. The highest BCUT2D eigenvalue weighted by atomic mass is 19.1. The molecule has 0 aliphatic carbocycles. The average molecular weight is 227 g/mol. The normalized spacial score (nSPS) is 12.9. The SMILES string of the molecule is NC(C(=O)O)c1c(F)cc2occc2c1F. The quantitative estimate of drug-likeness (QED) is 0.820. The van der Waals surface area contributed by atoms with Crippen LogP contribution in [0.15, 0.2) is 22.8 Å². The Balaban J connectivity index is 2.73. The second-order valence-corrected chi connectivity index (χ2v) is 3.23. The Hall–Kier alpha value is -1.95. The molecule has 0 saturated carbocycles. The highest BCUT2D eigenvalue weighted by molar-refractivity contribution is 5.82. The number of hydrogen-bond acceptors (Lipinski definition) is 3. The largest absolute Gasteiger partial charge is 0.480 e. The number of nitrogens with two attached hydrogens (primary N) is 1. The van der Waals surface area contributed by atoms with Crippen LogP contribution in [-0.4, -0.2) is 11.1 Å². The number of aliphatic carboxylic acids is 1. The second kappa shape index (κ2) is 3.57. The maximum Gasteiger partial charge on any atom is 0.325 e. The Labute approximate surface area is 88.3 Å². The monoisotopic (exact) mass is 227 g/mol. The minimum absolute atomic E-state index is 0.00750. The van der Waals surface area contributed by atoms with E-state index >= 15 is 0 Å². The van der Waals surface area contributed by atoms with Crippen molar-refractivity contribution in [1.82, 2.24) is 0 Å². The van der Waals surface area contributed by atoms with Crippen LogP contribution >= 0.6 is 0 Å². The van der Waals surface area contributed by atoms with Crippen molar-refractivity contribution in [2.45, 2.75) is 6.04 Å². The number of halogens is 2. The third-order valence-electron chi connectivity index (χ3n) is 2.26. The second-order valence-electron chi connectivity index (χ2n) is 3.23. The molecule has 0 aliphatic heterocycles. The van der Waals surface area contributed by atoms with Gasteiger partial charge in [0.05, 0.1) is 17.2 Å². The van der Waals surface area contributed by atoms with Gasteiger partial charge in [-0.05, 0) is 6.07 Å². The topological polar surface area (TPSA) is 76.5 Å². The summed E-state index contributed by atoms with van der Waals surface area (Å²) in [6.07, 6.45) is 1.18. The molecule has 0 saturated heterocycles. The summed E-state index contributed by atoms with van der Waals surface area (Å²) in [7, 11) is 0. The lowest BCUT2D eigenvalue weighted by molar-refractivity contribution is -0.138. The van der Waals surface area contributed by atoms with Crippen LogP contribution in [-0.2, 0) is 4.79 Å². The van der Waals surface area contributed by atoms with Crippen molar-refractivity contribution in [3.8, 4) is 0 Å². The Kier molecular flexibility index (Phi) is 2.35. The molecule has 2 aromatic rings. The molecule has 6 heteroatoms. The summed E-state index contributed by atoms with van der Waals surface area (Å²) in [5.74, 6) is -3.53. The van der Waals surface area contributed by atoms with Gasteiger partial charge < -0.3 is 15.3 Å². The standard InChI is InChI=1S/C10H7F2NO3/c11-5-3-6-4(1-2-16-6)8(12)7(5)9(13)10(14)15/h1-3,9H,13H2,(H,14,15). The highest BCUT2D eigenvalue weighted by Gasteiger charge is 2.25. The first-order valence-corrected chi connectivity index (χ1v) is 4.36. The summed E-state index contributed by atoms with van der Waals surface area (Å²) < 4.78 is 32.0. The zero-order chi connectivity index (χ0) is 11.9. The van der Waals surface area contributed by atoms with E-state index in [1.54, 1.807) is 0 Å². The number of rotatable bonds is 2. The molecule has 1 aromatic carbocycles. The molecule has 1 aromatic heterocycles. The van der Waals surface area contributed by atoms with Gasteiger partial charge in [-0.1, -0.05) is 0 Å². The van der Waals surface area contributed by atoms with Gasteiger partial charge in [0.15, 0.2) is 0 Å². The molecule has 16 heavy (non-hydrogen) atoms. The molecular weight excluding hydrogens is 220 g/mol. The van der Waals surface area contributed by atoms with Crippen LogP contribution in [0.2, 0.25) is 0 Å². The zero-order valence-electron chi connectivity index (χ0n) is 7.91. The van der Waals surface area contributed by atoms with Gasteiger partial charge >= 0.3 is 5.97 Å². The van der Waals surface area contributed by atoms with E-state index in [-0.39, 0.29) is 11.0 Å². The third kappa shape index (κ3) is 1.43. The van der Waals surface area contributed by atoms with Crippen LogP contribution in [0, 0.1) is 11.6 Å². The van der Waals surface area contributed by atoms with Crippen LogP contribution in [0.1, 0.15) is 11.6 Å². The van der Waals surface area contributed by atoms with Crippen LogP contribution in [0.5, 0.6) is 0 Å². The van der Waals surface area contributed by atoms with Crippen LogP contribution < -0.4 is 5.73 Å². The fourth-order valence-electron chi connectivity index (χ4n) is 1.47. The number of carboxylic acid groups (broad SMARTS) is 1. The summed E-state index contributed by atoms with van der Waals surface area (Å²) in [6, 6.07) is 0.456. The van der Waals surface area contributed by atoms with E-state index in [0.717, 1.165) is 6.07 Å². The van der Waals surface area contributed by atoms with Crippen molar-refractivity contribution in [3.05, 3.63) is 35.6 Å². The fourth-order valence-corrected chi connectivity index (χ4v) is 1.47. The van der Waals surface area contributed by atoms with Gasteiger partial charge in [-0.15, -0.1) is 0 Å². The molecule has 0 radical (unpaired) electrons. The first kappa shape index (κ1) is 10.6. The number of fused-ring (bicyclic) bond motifs is 1. The number of carboxylic acids is 1. The van der Waals surface area contributed by atoms with E-state index in [0.29, 0.717) is 0 Å². The van der Waals surface area contributed by atoms with E-state index in [1.165, 1.54) is 12.3 Å². The smallest absolute Gasteiger partial charge is 0.325 e. The fraction of sp³-hybridized carbons (Fsp3) is 0.100. The molecule has 2 rings (SSSR count). The van der Waals surface area contributed by atoms with Gasteiger partial charge in [0.25, 0.3) is 0 Å². The lowest BCUT2D eigenvalue weighted by Gasteiger charge is -2.09. The lowest BCUT2D eigenvalue weighted by atomic mass is 10.0. The molecule has 0 fully saturated rings. The van der Waals surface area contributed by atoms with Gasteiger partial charge in [-0.3, -0.25) is 4.79 Å². The molecule has 0 spiro atoms. The molecule has 1 heterocycles. The first-order valence-electron chi connectivity index (χ1n) is 4.36. The predicted molar refractivity (Wildman–Crippen MR) is 50.7 cm³/mol. The summed E-state index contributed by atoms with van der Waals surface area (Å²) in [4.78, 5) is 10.6. The summed E-state index contributed by atoms with van der Waals surface area (Å²) in [6.45, 7) is 0. The van der Waals surface area contributed by atoms with Crippen LogP contribution in [0.25, 0.3) is 11.0 Å². The summed E-state index contributed by atoms with van der Waals surface area (Å²) in [5.41, 5.74) is 4.53. The molecule has 1 atom stereocenters. The van der Waals surface area contributed by atoms with Crippen molar-refractivity contribution in [1.29, 1.82) is 0 Å². The van der Waals surface area contributed by atoms with Crippen LogP contribution in [0.3, 0.4) is 0 Å². The molecule has 0 aliphatic rings. The van der Waals surface area contributed by atoms with Crippen molar-refractivity contribution in [3.63, 3.8) is 0 Å². The molecule has 4 nitrogen and oxygen atoms in total. The minimum atomic E-state index is -1.74. The molecule has 0 bridgehead atoms. The van der Waals surface area contributed by atoms with Gasteiger partial charge in [-0.25, -0.2) is 8.78 Å². The number of benzene rings is 1. The van der Waals surface area contributed by atoms with E-state index in [1.807, 2.05) is 0 Å². The van der Waals surface area contributed by atoms with Crippen molar-refractivity contribution in [2.24, 2.45) is 5.73 Å². The molecule has 0 amide bonds. The lowest BCUT2D eigenvalue weighted by Crippen LogP contribution is -2.23. The van der Waals surface area contributed by atoms with E-state index in [4.69, 9.17) is 15.3 Å². The maximum absolute atomic E-state index is 13.7.